The van der Waals surface area contributed by atoms with Crippen molar-refractivity contribution < 1.29 is 50.0 Å². The molecule has 9 atom stereocenters. The van der Waals surface area contributed by atoms with Crippen LogP contribution >= 0.6 is 0 Å². The highest BCUT2D eigenvalue weighted by Gasteiger charge is 2.44. The largest absolute Gasteiger partial charge is 0.394 e. The summed E-state index contributed by atoms with van der Waals surface area (Å²) in [6.07, 6.45) is 42.6. The molecule has 1 saturated heterocycles. The minimum absolute atomic E-state index is 0.260. The molecule has 1 aliphatic rings. The molecule has 11 nitrogen and oxygen atoms in total. The Hall–Kier alpha value is -1.15. The van der Waals surface area contributed by atoms with E-state index in [0.29, 0.717) is 19.3 Å². The number of aliphatic hydroxyl groups is 7. The van der Waals surface area contributed by atoms with Crippen molar-refractivity contribution in [3.8, 4) is 0 Å². The molecule has 0 bridgehead atoms. The van der Waals surface area contributed by atoms with Gasteiger partial charge in [0.25, 0.3) is 0 Å². The van der Waals surface area contributed by atoms with Crippen LogP contribution in [0.15, 0.2) is 12.2 Å². The van der Waals surface area contributed by atoms with Crippen LogP contribution in [0.3, 0.4) is 0 Å². The third-order valence-electron chi connectivity index (χ3n) is 14.3. The molecule has 8 N–H and O–H groups in total. The molecular weight excluding hydrogens is 859 g/mol. The SMILES string of the molecule is CCCCCCCCCCCCCC/C=C\CCCCCCCCCCC(O)C(=O)NC(COC1OC(CO)C(O)C(O)C1O)C(O)C(O)CCCCCCCCCCCCCCCCCCC. The summed E-state index contributed by atoms with van der Waals surface area (Å²) in [5.74, 6) is -0.695. The van der Waals surface area contributed by atoms with Crippen LogP contribution in [0.4, 0.5) is 0 Å². The van der Waals surface area contributed by atoms with Crippen LogP contribution in [-0.4, -0.2) is 110 Å². The van der Waals surface area contributed by atoms with Crippen molar-refractivity contribution in [2.75, 3.05) is 13.2 Å². The van der Waals surface area contributed by atoms with Gasteiger partial charge in [-0.1, -0.05) is 251 Å². The zero-order valence-electron chi connectivity index (χ0n) is 44.1. The van der Waals surface area contributed by atoms with Crippen LogP contribution in [0.25, 0.3) is 0 Å². The fourth-order valence-electron chi connectivity index (χ4n) is 9.56. The Balaban J connectivity index is 2.30. The molecule has 11 heteroatoms. The molecule has 0 aromatic heterocycles. The summed E-state index contributed by atoms with van der Waals surface area (Å²) in [4.78, 5) is 13.2. The normalized spacial score (nSPS) is 20.5. The van der Waals surface area contributed by atoms with Crippen molar-refractivity contribution in [2.24, 2.45) is 0 Å². The van der Waals surface area contributed by atoms with Crippen molar-refractivity contribution in [1.29, 1.82) is 0 Å². The first-order valence-corrected chi connectivity index (χ1v) is 29.1. The molecule has 0 saturated carbocycles. The molecule has 0 aliphatic carbocycles. The summed E-state index contributed by atoms with van der Waals surface area (Å²) < 4.78 is 11.1. The van der Waals surface area contributed by atoms with Crippen molar-refractivity contribution in [3.05, 3.63) is 12.2 Å². The van der Waals surface area contributed by atoms with Gasteiger partial charge in [-0.25, -0.2) is 0 Å². The average molecular weight is 971 g/mol. The summed E-state index contributed by atoms with van der Waals surface area (Å²) >= 11 is 0. The van der Waals surface area contributed by atoms with E-state index in [0.717, 1.165) is 44.9 Å². The standard InChI is InChI=1S/C57H111NO10/c1-3-5-7-9-11-13-15-17-19-21-22-23-24-25-26-27-29-31-33-35-37-39-41-43-45-50(61)56(66)58-48(47-67-57-55(65)54(64)53(63)51(46-59)68-57)52(62)49(60)44-42-40-38-36-34-32-30-28-20-18-16-14-12-10-8-6-4-2/h25-26,48-55,57,59-65H,3-24,27-47H2,1-2H3,(H,58,66)/b26-25-. The number of ether oxygens (including phenoxy) is 2. The maximum atomic E-state index is 13.2. The summed E-state index contributed by atoms with van der Waals surface area (Å²) in [5, 5.41) is 76.1. The number of carbonyl (C=O) groups is 1. The van der Waals surface area contributed by atoms with Crippen molar-refractivity contribution in [3.63, 3.8) is 0 Å². The summed E-state index contributed by atoms with van der Waals surface area (Å²) in [6, 6.07) is -1.17. The lowest BCUT2D eigenvalue weighted by Crippen LogP contribution is -2.60. The number of rotatable bonds is 50. The van der Waals surface area contributed by atoms with Gasteiger partial charge in [0.05, 0.1) is 25.4 Å². The minimum Gasteiger partial charge on any atom is -0.394 e. The van der Waals surface area contributed by atoms with Crippen molar-refractivity contribution in [1.82, 2.24) is 5.32 Å². The summed E-state index contributed by atoms with van der Waals surface area (Å²) in [7, 11) is 0. The monoisotopic (exact) mass is 970 g/mol. The van der Waals surface area contributed by atoms with E-state index in [-0.39, 0.29) is 6.42 Å². The van der Waals surface area contributed by atoms with Gasteiger partial charge in [-0.2, -0.15) is 0 Å². The Labute approximate surface area is 417 Å². The number of allylic oxidation sites excluding steroid dienone is 2. The molecule has 1 fully saturated rings. The van der Waals surface area contributed by atoms with E-state index in [1.165, 1.54) is 193 Å². The van der Waals surface area contributed by atoms with Gasteiger partial charge in [0, 0.05) is 0 Å². The number of nitrogens with one attached hydrogen (secondary N) is 1. The molecule has 0 aromatic carbocycles. The number of hydrogen-bond acceptors (Lipinski definition) is 10. The van der Waals surface area contributed by atoms with Crippen LogP contribution in [0.5, 0.6) is 0 Å². The van der Waals surface area contributed by atoms with Gasteiger partial charge < -0.3 is 50.5 Å². The van der Waals surface area contributed by atoms with E-state index in [4.69, 9.17) is 9.47 Å². The first-order chi connectivity index (χ1) is 33.2. The quantitative estimate of drug-likeness (QED) is 0.0215. The topological polar surface area (TPSA) is 189 Å². The third kappa shape index (κ3) is 35.1. The van der Waals surface area contributed by atoms with Gasteiger partial charge in [-0.3, -0.25) is 4.79 Å². The number of hydrogen-bond donors (Lipinski definition) is 8. The summed E-state index contributed by atoms with van der Waals surface area (Å²) in [5.41, 5.74) is 0. The van der Waals surface area contributed by atoms with Crippen LogP contribution in [0, 0.1) is 0 Å². The Kier molecular flexibility index (Phi) is 44.7. The highest BCUT2D eigenvalue weighted by molar-refractivity contribution is 5.80. The predicted molar refractivity (Wildman–Crippen MR) is 279 cm³/mol. The number of carbonyl (C=O) groups excluding carboxylic acids is 1. The molecule has 1 rings (SSSR count). The van der Waals surface area contributed by atoms with Crippen LogP contribution in [0.1, 0.15) is 277 Å². The van der Waals surface area contributed by atoms with E-state index in [9.17, 15) is 40.5 Å². The molecule has 9 unspecified atom stereocenters. The highest BCUT2D eigenvalue weighted by atomic mass is 16.7. The van der Waals surface area contributed by atoms with Crippen LogP contribution in [-0.2, 0) is 14.3 Å². The van der Waals surface area contributed by atoms with E-state index in [1.54, 1.807) is 0 Å². The molecule has 0 aromatic rings. The Morgan fingerprint density at radius 2 is 0.853 bits per heavy atom. The third-order valence-corrected chi connectivity index (χ3v) is 14.3. The number of unbranched alkanes of at least 4 members (excludes halogenated alkanes) is 36. The van der Waals surface area contributed by atoms with Gasteiger partial charge in [0.1, 0.15) is 36.6 Å². The molecule has 68 heavy (non-hydrogen) atoms. The molecule has 1 heterocycles. The molecular formula is C57H111NO10. The molecule has 0 radical (unpaired) electrons. The van der Waals surface area contributed by atoms with Crippen LogP contribution < -0.4 is 5.32 Å². The second-order valence-corrected chi connectivity index (χ2v) is 20.7. The first-order valence-electron chi connectivity index (χ1n) is 29.1. The van der Waals surface area contributed by atoms with Gasteiger partial charge in [0.15, 0.2) is 6.29 Å². The number of amides is 1. The fourth-order valence-corrected chi connectivity index (χ4v) is 9.56. The second-order valence-electron chi connectivity index (χ2n) is 20.7. The first kappa shape index (κ1) is 64.9. The molecule has 404 valence electrons. The van der Waals surface area contributed by atoms with Gasteiger partial charge in [0.2, 0.25) is 5.91 Å². The van der Waals surface area contributed by atoms with E-state index in [1.807, 2.05) is 0 Å². The fraction of sp³-hybridized carbons (Fsp3) is 0.947. The lowest BCUT2D eigenvalue weighted by atomic mass is 9.98. The van der Waals surface area contributed by atoms with Crippen LogP contribution in [0.2, 0.25) is 0 Å². The van der Waals surface area contributed by atoms with Gasteiger partial charge >= 0.3 is 0 Å². The second kappa shape index (κ2) is 46.9. The lowest BCUT2D eigenvalue weighted by molar-refractivity contribution is -0.303. The van der Waals surface area contributed by atoms with E-state index in [2.05, 4.69) is 31.3 Å². The van der Waals surface area contributed by atoms with Crippen molar-refractivity contribution >= 4 is 5.91 Å². The Morgan fingerprint density at radius 1 is 0.500 bits per heavy atom. The lowest BCUT2D eigenvalue weighted by Gasteiger charge is -2.40. The van der Waals surface area contributed by atoms with E-state index >= 15 is 0 Å². The average Bonchev–Trinajstić information content (AvgIpc) is 3.34. The van der Waals surface area contributed by atoms with Gasteiger partial charge in [-0.15, -0.1) is 0 Å². The zero-order valence-corrected chi connectivity index (χ0v) is 44.1. The highest BCUT2D eigenvalue weighted by Crippen LogP contribution is 2.23. The Bertz CT molecular complexity index is 1110. The maximum Gasteiger partial charge on any atom is 0.249 e. The minimum atomic E-state index is -1.66. The molecule has 0 spiro atoms. The van der Waals surface area contributed by atoms with E-state index < -0.39 is 74.2 Å². The van der Waals surface area contributed by atoms with Gasteiger partial charge in [-0.05, 0) is 38.5 Å². The predicted octanol–water partition coefficient (Wildman–Crippen LogP) is 12.0. The van der Waals surface area contributed by atoms with Crippen molar-refractivity contribution in [2.45, 2.75) is 332 Å². The Morgan fingerprint density at radius 3 is 1.24 bits per heavy atom. The summed E-state index contributed by atoms with van der Waals surface area (Å²) in [6.45, 7) is 3.49. The molecule has 1 aliphatic heterocycles. The smallest absolute Gasteiger partial charge is 0.249 e. The maximum absolute atomic E-state index is 13.2. The zero-order chi connectivity index (χ0) is 49.7. The number of aliphatic hydroxyl groups excluding tert-OH is 7. The molecule has 1 amide bonds.